The first-order valence-electron chi connectivity index (χ1n) is 13.5. The molecule has 4 aliphatic rings. The molecule has 0 radical (unpaired) electrons. The van der Waals surface area contributed by atoms with Crippen LogP contribution in [0.2, 0.25) is 0 Å². The van der Waals surface area contributed by atoms with Crippen LogP contribution in [0.3, 0.4) is 0 Å². The van der Waals surface area contributed by atoms with E-state index in [2.05, 4.69) is 26.1 Å². The number of rotatable bonds is 7. The van der Waals surface area contributed by atoms with Gasteiger partial charge in [0.05, 0.1) is 34.2 Å². The summed E-state index contributed by atoms with van der Waals surface area (Å²) in [7, 11) is -4.34. The molecule has 0 saturated heterocycles. The zero-order valence-electron chi connectivity index (χ0n) is 22.4. The van der Waals surface area contributed by atoms with Gasteiger partial charge < -0.3 is 25.2 Å². The number of aliphatic hydroxyl groups is 3. The third-order valence-electron chi connectivity index (χ3n) is 11.1. The molecule has 36 heavy (non-hydrogen) atoms. The predicted octanol–water partition coefficient (Wildman–Crippen LogP) is -0.970. The molecule has 0 aromatic heterocycles. The number of carbonyl (C=O) groups is 1. The second kappa shape index (κ2) is 11.4. The molecular weight excluding hydrogens is 493 g/mol. The third-order valence-corrected chi connectivity index (χ3v) is 11.8. The Bertz CT molecular complexity index is 903. The van der Waals surface area contributed by atoms with Crippen molar-refractivity contribution >= 4 is 16.0 Å². The van der Waals surface area contributed by atoms with Gasteiger partial charge in [0.1, 0.15) is 0 Å². The van der Waals surface area contributed by atoms with E-state index in [1.165, 1.54) is 0 Å². The number of aliphatic hydroxyl groups excluding tert-OH is 3. The molecule has 0 bridgehead atoms. The van der Waals surface area contributed by atoms with Gasteiger partial charge in [0.2, 0.25) is 5.91 Å². The number of carbonyl (C=O) groups excluding carboxylic acids is 1. The van der Waals surface area contributed by atoms with E-state index in [4.69, 9.17) is 0 Å². The third kappa shape index (κ3) is 5.60. The van der Waals surface area contributed by atoms with E-state index in [1.807, 2.05) is 0 Å². The molecule has 0 aromatic rings. The number of hydrogen-bond acceptors (Lipinski definition) is 7. The maximum atomic E-state index is 12.2. The first kappa shape index (κ1) is 30.8. The summed E-state index contributed by atoms with van der Waals surface area (Å²) >= 11 is 0. The monoisotopic (exact) mass is 537 g/mol. The minimum atomic E-state index is -4.34. The Morgan fingerprint density at radius 1 is 1.00 bits per heavy atom. The SMILES string of the molecule is CC(CCC(=O)NCCS(=O)(=O)[O-])[C@@H]1CCC2[C@@H]3CC[C@@H]4C[C@H](O)C[C@@H](O)[C@]4(C)[C@H]3C[C@@H](O)[C@@]21C.[Na+]. The first-order chi connectivity index (χ1) is 16.3. The summed E-state index contributed by atoms with van der Waals surface area (Å²) in [6.07, 6.45) is 5.53. The van der Waals surface area contributed by atoms with Gasteiger partial charge in [-0.3, -0.25) is 4.79 Å². The van der Waals surface area contributed by atoms with Gasteiger partial charge in [-0.2, -0.15) is 0 Å². The molecule has 4 aliphatic carbocycles. The zero-order valence-corrected chi connectivity index (χ0v) is 25.2. The van der Waals surface area contributed by atoms with Gasteiger partial charge >= 0.3 is 29.6 Å². The fourth-order valence-corrected chi connectivity index (χ4v) is 9.54. The van der Waals surface area contributed by atoms with Gasteiger partial charge in [-0.1, -0.05) is 20.8 Å². The van der Waals surface area contributed by atoms with E-state index in [-0.39, 0.29) is 71.1 Å². The Hall–Kier alpha value is 0.260. The molecule has 0 spiro atoms. The molecule has 11 atom stereocenters. The van der Waals surface area contributed by atoms with Crippen molar-refractivity contribution in [3.05, 3.63) is 0 Å². The molecule has 4 N–H and O–H groups in total. The van der Waals surface area contributed by atoms with Gasteiger partial charge in [-0.25, -0.2) is 8.42 Å². The van der Waals surface area contributed by atoms with Crippen molar-refractivity contribution in [1.29, 1.82) is 0 Å². The summed E-state index contributed by atoms with van der Waals surface area (Å²) < 4.78 is 32.2. The fourth-order valence-electron chi connectivity index (χ4n) is 9.19. The van der Waals surface area contributed by atoms with Crippen molar-refractivity contribution in [3.8, 4) is 0 Å². The number of hydrogen-bond donors (Lipinski definition) is 4. The summed E-state index contributed by atoms with van der Waals surface area (Å²) in [5.74, 6) is 1.08. The zero-order chi connectivity index (χ0) is 25.8. The van der Waals surface area contributed by atoms with Crippen LogP contribution in [0.15, 0.2) is 0 Å². The van der Waals surface area contributed by atoms with Crippen LogP contribution in [0, 0.1) is 46.3 Å². The maximum Gasteiger partial charge on any atom is 1.00 e. The number of nitrogens with one attached hydrogen (secondary N) is 1. The molecular formula is C26H44NNaO7S. The number of fused-ring (bicyclic) bond motifs is 5. The van der Waals surface area contributed by atoms with Gasteiger partial charge in [-0.15, -0.1) is 0 Å². The van der Waals surface area contributed by atoms with Gasteiger partial charge in [0, 0.05) is 13.0 Å². The van der Waals surface area contributed by atoms with Crippen LogP contribution in [-0.2, 0) is 14.9 Å². The average molecular weight is 538 g/mol. The maximum absolute atomic E-state index is 12.2. The summed E-state index contributed by atoms with van der Waals surface area (Å²) in [5, 5.41) is 35.5. The van der Waals surface area contributed by atoms with Gasteiger partial charge in [-0.05, 0) is 97.7 Å². The number of amides is 1. The van der Waals surface area contributed by atoms with Crippen LogP contribution in [0.5, 0.6) is 0 Å². The van der Waals surface area contributed by atoms with Gasteiger partial charge in [0.25, 0.3) is 0 Å². The summed E-state index contributed by atoms with van der Waals surface area (Å²) in [6, 6.07) is 0. The Kier molecular flexibility index (Phi) is 9.75. The molecule has 0 aromatic carbocycles. The van der Waals surface area contributed by atoms with Crippen LogP contribution in [-0.4, -0.2) is 64.8 Å². The van der Waals surface area contributed by atoms with E-state index in [1.54, 1.807) is 0 Å². The molecule has 4 fully saturated rings. The Balaban J connectivity index is 0.00000361. The molecule has 1 amide bonds. The van der Waals surface area contributed by atoms with Crippen LogP contribution < -0.4 is 34.9 Å². The Labute approximate surface area is 238 Å². The average Bonchev–Trinajstić information content (AvgIpc) is 3.12. The fraction of sp³-hybridized carbons (Fsp3) is 0.962. The van der Waals surface area contributed by atoms with E-state index in [9.17, 15) is 33.1 Å². The van der Waals surface area contributed by atoms with Crippen molar-refractivity contribution in [1.82, 2.24) is 5.32 Å². The van der Waals surface area contributed by atoms with Crippen LogP contribution in [0.4, 0.5) is 0 Å². The normalized spacial score (nSPS) is 45.0. The molecule has 0 heterocycles. The van der Waals surface area contributed by atoms with Crippen molar-refractivity contribution < 1.29 is 62.6 Å². The Morgan fingerprint density at radius 2 is 1.67 bits per heavy atom. The molecule has 202 valence electrons. The summed E-state index contributed by atoms with van der Waals surface area (Å²) in [4.78, 5) is 12.2. The molecule has 2 unspecified atom stereocenters. The molecule has 4 rings (SSSR count). The van der Waals surface area contributed by atoms with E-state index in [0.717, 1.165) is 32.1 Å². The van der Waals surface area contributed by atoms with Gasteiger partial charge in [0.15, 0.2) is 0 Å². The van der Waals surface area contributed by atoms with Crippen molar-refractivity contribution in [3.63, 3.8) is 0 Å². The minimum absolute atomic E-state index is 0. The van der Waals surface area contributed by atoms with Crippen LogP contribution >= 0.6 is 0 Å². The molecule has 8 nitrogen and oxygen atoms in total. The van der Waals surface area contributed by atoms with Crippen LogP contribution in [0.25, 0.3) is 0 Å². The largest absolute Gasteiger partial charge is 1.00 e. The van der Waals surface area contributed by atoms with E-state index in [0.29, 0.717) is 42.9 Å². The first-order valence-corrected chi connectivity index (χ1v) is 15.1. The Morgan fingerprint density at radius 3 is 2.33 bits per heavy atom. The summed E-state index contributed by atoms with van der Waals surface area (Å²) in [5.41, 5.74) is -0.486. The van der Waals surface area contributed by atoms with E-state index < -0.39 is 34.2 Å². The summed E-state index contributed by atoms with van der Waals surface area (Å²) in [6.45, 7) is 6.43. The molecule has 10 heteroatoms. The molecule has 0 aliphatic heterocycles. The minimum Gasteiger partial charge on any atom is -0.748 e. The second-order valence-corrected chi connectivity index (χ2v) is 14.1. The topological polar surface area (TPSA) is 147 Å². The standard InChI is InChI=1S/C26H45NO7S.Na/c1-15(4-9-24(31)27-10-11-35(32,33)34)19-7-8-20-18-6-5-16-12-17(28)13-22(29)25(16,2)21(18)14-23(30)26(19,20)3;/h15-23,28-30H,4-14H2,1-3H3,(H,27,31)(H,32,33,34);/q;+1/p-1/t15?,16-,17+,18+,19+,20?,21+,22-,23-,25+,26-;/m1./s1. The predicted molar refractivity (Wildman–Crippen MR) is 130 cm³/mol. The quantitative estimate of drug-likeness (QED) is 0.241. The second-order valence-electron chi connectivity index (χ2n) is 12.6. The van der Waals surface area contributed by atoms with E-state index >= 15 is 0 Å². The van der Waals surface area contributed by atoms with Crippen LogP contribution in [0.1, 0.15) is 78.6 Å². The van der Waals surface area contributed by atoms with Crippen molar-refractivity contribution in [2.24, 2.45) is 46.3 Å². The van der Waals surface area contributed by atoms with Crippen molar-refractivity contribution in [2.45, 2.75) is 96.9 Å². The smallest absolute Gasteiger partial charge is 0.748 e. The molecule has 4 saturated carbocycles. The van der Waals surface area contributed by atoms with Crippen molar-refractivity contribution in [2.75, 3.05) is 12.3 Å².